The molecule has 4 heteroatoms. The van der Waals surface area contributed by atoms with E-state index in [0.29, 0.717) is 6.42 Å². The number of carbonyl (C=O) groups excluding carboxylic acids is 1. The van der Waals surface area contributed by atoms with E-state index in [9.17, 15) is 9.59 Å². The van der Waals surface area contributed by atoms with E-state index in [1.807, 2.05) is 0 Å². The van der Waals surface area contributed by atoms with Crippen LogP contribution in [0.3, 0.4) is 0 Å². The zero-order valence-electron chi connectivity index (χ0n) is 7.66. The molecule has 0 aliphatic heterocycles. The fraction of sp³-hybridized carbons (Fsp3) is 0.778. The first-order valence-electron chi connectivity index (χ1n) is 4.44. The third-order valence-corrected chi connectivity index (χ3v) is 2.63. The number of aliphatic carboxylic acids is 1. The van der Waals surface area contributed by atoms with Crippen molar-refractivity contribution in [1.29, 1.82) is 0 Å². The summed E-state index contributed by atoms with van der Waals surface area (Å²) in [7, 11) is 1.33. The number of hydrogen-bond donors (Lipinski definition) is 1. The van der Waals surface area contributed by atoms with Gasteiger partial charge in [-0.3, -0.25) is 9.59 Å². The minimum Gasteiger partial charge on any atom is -0.481 e. The zero-order chi connectivity index (χ0) is 9.84. The van der Waals surface area contributed by atoms with Gasteiger partial charge in [-0.1, -0.05) is 6.42 Å². The smallest absolute Gasteiger partial charge is 0.306 e. The fourth-order valence-electron chi connectivity index (χ4n) is 1.90. The summed E-state index contributed by atoms with van der Waals surface area (Å²) in [4.78, 5) is 21.7. The lowest BCUT2D eigenvalue weighted by Gasteiger charge is -2.13. The minimum atomic E-state index is -0.786. The maximum absolute atomic E-state index is 10.9. The monoisotopic (exact) mass is 186 g/mol. The summed E-state index contributed by atoms with van der Waals surface area (Å²) in [6.07, 6.45) is 2.66. The Morgan fingerprint density at radius 1 is 1.46 bits per heavy atom. The number of carbonyl (C=O) groups is 2. The molecular weight excluding hydrogens is 172 g/mol. The number of esters is 1. The van der Waals surface area contributed by atoms with Gasteiger partial charge in [-0.15, -0.1) is 0 Å². The molecule has 1 N–H and O–H groups in total. The van der Waals surface area contributed by atoms with Gasteiger partial charge in [-0.25, -0.2) is 0 Å². The standard InChI is InChI=1S/C9H14O4/c1-13-8(10)5-6-3-2-4-7(6)9(11)12/h6-7H,2-5H2,1H3,(H,11,12)/t6-,7-/m1/s1. The third-order valence-electron chi connectivity index (χ3n) is 2.63. The summed E-state index contributed by atoms with van der Waals surface area (Å²) in [5, 5.41) is 8.82. The zero-order valence-corrected chi connectivity index (χ0v) is 7.66. The number of ether oxygens (including phenoxy) is 1. The second-order valence-corrected chi connectivity index (χ2v) is 3.42. The molecule has 4 nitrogen and oxygen atoms in total. The molecular formula is C9H14O4. The van der Waals surface area contributed by atoms with E-state index < -0.39 is 5.97 Å². The van der Waals surface area contributed by atoms with Gasteiger partial charge in [0.2, 0.25) is 0 Å². The molecule has 0 amide bonds. The normalized spacial score (nSPS) is 27.2. The van der Waals surface area contributed by atoms with E-state index >= 15 is 0 Å². The van der Waals surface area contributed by atoms with E-state index in [1.165, 1.54) is 7.11 Å². The van der Waals surface area contributed by atoms with Crippen LogP contribution in [0.2, 0.25) is 0 Å². The SMILES string of the molecule is COC(=O)C[C@H]1CCC[C@H]1C(=O)O. The highest BCUT2D eigenvalue weighted by Gasteiger charge is 2.34. The van der Waals surface area contributed by atoms with Crippen molar-refractivity contribution in [3.63, 3.8) is 0 Å². The largest absolute Gasteiger partial charge is 0.481 e. The minimum absolute atomic E-state index is 0.0232. The molecule has 0 aromatic rings. The Morgan fingerprint density at radius 2 is 2.15 bits per heavy atom. The topological polar surface area (TPSA) is 63.6 Å². The molecule has 0 unspecified atom stereocenters. The van der Waals surface area contributed by atoms with Gasteiger partial charge in [-0.05, 0) is 18.8 Å². The van der Waals surface area contributed by atoms with Crippen LogP contribution in [0.25, 0.3) is 0 Å². The lowest BCUT2D eigenvalue weighted by Crippen LogP contribution is -2.21. The molecule has 2 atom stereocenters. The number of hydrogen-bond acceptors (Lipinski definition) is 3. The van der Waals surface area contributed by atoms with Crippen molar-refractivity contribution >= 4 is 11.9 Å². The van der Waals surface area contributed by atoms with E-state index in [0.717, 1.165) is 12.8 Å². The lowest BCUT2D eigenvalue weighted by molar-refractivity contribution is -0.145. The van der Waals surface area contributed by atoms with Crippen LogP contribution in [0, 0.1) is 11.8 Å². The Morgan fingerprint density at radius 3 is 2.69 bits per heavy atom. The molecule has 1 rings (SSSR count). The molecule has 74 valence electrons. The average molecular weight is 186 g/mol. The summed E-state index contributed by atoms with van der Waals surface area (Å²) in [5.74, 6) is -1.46. The first-order chi connectivity index (χ1) is 6.15. The molecule has 1 saturated carbocycles. The van der Waals surface area contributed by atoms with Gasteiger partial charge in [0.05, 0.1) is 13.0 Å². The quantitative estimate of drug-likeness (QED) is 0.669. The molecule has 0 aromatic heterocycles. The molecule has 0 spiro atoms. The molecule has 1 fully saturated rings. The second-order valence-electron chi connectivity index (χ2n) is 3.42. The van der Waals surface area contributed by atoms with Gasteiger partial charge in [0.15, 0.2) is 0 Å². The van der Waals surface area contributed by atoms with Crippen LogP contribution in [0.4, 0.5) is 0 Å². The van der Waals surface area contributed by atoms with Gasteiger partial charge >= 0.3 is 11.9 Å². The van der Waals surface area contributed by atoms with Gasteiger partial charge in [0.25, 0.3) is 0 Å². The average Bonchev–Trinajstić information content (AvgIpc) is 2.52. The molecule has 0 aromatic carbocycles. The van der Waals surface area contributed by atoms with E-state index in [2.05, 4.69) is 4.74 Å². The second kappa shape index (κ2) is 4.25. The van der Waals surface area contributed by atoms with E-state index in [4.69, 9.17) is 5.11 Å². The highest BCUT2D eigenvalue weighted by Crippen LogP contribution is 2.34. The van der Waals surface area contributed by atoms with Crippen LogP contribution >= 0.6 is 0 Å². The number of carboxylic acid groups (broad SMARTS) is 1. The molecule has 0 saturated heterocycles. The number of carboxylic acids is 1. The van der Waals surface area contributed by atoms with Crippen LogP contribution in [0.1, 0.15) is 25.7 Å². The van der Waals surface area contributed by atoms with Gasteiger partial charge in [-0.2, -0.15) is 0 Å². The lowest BCUT2D eigenvalue weighted by atomic mass is 9.93. The predicted molar refractivity (Wildman–Crippen MR) is 45.1 cm³/mol. The Bertz CT molecular complexity index is 212. The summed E-state index contributed by atoms with van der Waals surface area (Å²) in [6.45, 7) is 0. The summed E-state index contributed by atoms with van der Waals surface area (Å²) in [5.41, 5.74) is 0. The van der Waals surface area contributed by atoms with Crippen LogP contribution in [-0.4, -0.2) is 24.2 Å². The molecule has 0 bridgehead atoms. The number of rotatable bonds is 3. The maximum atomic E-state index is 10.9. The predicted octanol–water partition coefficient (Wildman–Crippen LogP) is 1.05. The number of methoxy groups -OCH3 is 1. The van der Waals surface area contributed by atoms with Crippen LogP contribution in [0.5, 0.6) is 0 Å². The first-order valence-corrected chi connectivity index (χ1v) is 4.44. The van der Waals surface area contributed by atoms with Gasteiger partial charge in [0, 0.05) is 6.42 Å². The molecule has 0 radical (unpaired) electrons. The fourth-order valence-corrected chi connectivity index (χ4v) is 1.90. The first kappa shape index (κ1) is 10.0. The van der Waals surface area contributed by atoms with Crippen molar-refractivity contribution < 1.29 is 19.4 Å². The highest BCUT2D eigenvalue weighted by atomic mass is 16.5. The highest BCUT2D eigenvalue weighted by molar-refractivity contribution is 5.74. The van der Waals surface area contributed by atoms with Crippen LogP contribution < -0.4 is 0 Å². The van der Waals surface area contributed by atoms with Crippen LogP contribution in [0.15, 0.2) is 0 Å². The van der Waals surface area contributed by atoms with Crippen molar-refractivity contribution in [3.8, 4) is 0 Å². The Balaban J connectivity index is 2.48. The van der Waals surface area contributed by atoms with E-state index in [1.54, 1.807) is 0 Å². The summed E-state index contributed by atoms with van der Waals surface area (Å²) < 4.78 is 4.51. The Hall–Kier alpha value is -1.06. The van der Waals surface area contributed by atoms with Crippen molar-refractivity contribution in [2.45, 2.75) is 25.7 Å². The maximum Gasteiger partial charge on any atom is 0.306 e. The summed E-state index contributed by atoms with van der Waals surface area (Å²) >= 11 is 0. The van der Waals surface area contributed by atoms with Gasteiger partial charge in [0.1, 0.15) is 0 Å². The van der Waals surface area contributed by atoms with Crippen molar-refractivity contribution in [2.75, 3.05) is 7.11 Å². The van der Waals surface area contributed by atoms with Gasteiger partial charge < -0.3 is 9.84 Å². The van der Waals surface area contributed by atoms with E-state index in [-0.39, 0.29) is 24.2 Å². The summed E-state index contributed by atoms with van der Waals surface area (Å²) in [6, 6.07) is 0. The van der Waals surface area contributed by atoms with Crippen molar-refractivity contribution in [3.05, 3.63) is 0 Å². The Labute approximate surface area is 76.9 Å². The van der Waals surface area contributed by atoms with Crippen molar-refractivity contribution in [1.82, 2.24) is 0 Å². The van der Waals surface area contributed by atoms with Crippen LogP contribution in [-0.2, 0) is 14.3 Å². The van der Waals surface area contributed by atoms with Crippen molar-refractivity contribution in [2.24, 2.45) is 11.8 Å². The molecule has 1 aliphatic carbocycles. The Kier molecular flexibility index (Phi) is 3.28. The molecule has 0 heterocycles. The third kappa shape index (κ3) is 2.44. The molecule has 1 aliphatic rings. The molecule has 13 heavy (non-hydrogen) atoms.